The summed E-state index contributed by atoms with van der Waals surface area (Å²) in [4.78, 5) is 37.6. The summed E-state index contributed by atoms with van der Waals surface area (Å²) in [5.41, 5.74) is -0.713. The van der Waals surface area contributed by atoms with E-state index in [9.17, 15) is 24.6 Å². The van der Waals surface area contributed by atoms with E-state index in [0.717, 1.165) is 24.2 Å². The summed E-state index contributed by atoms with van der Waals surface area (Å²) >= 11 is 0. The van der Waals surface area contributed by atoms with Crippen LogP contribution in [0.15, 0.2) is 12.7 Å². The molecule has 3 unspecified atom stereocenters. The number of nitrogens with zero attached hydrogens (tertiary/aromatic N) is 1. The molecule has 3 N–H and O–H groups in total. The van der Waals surface area contributed by atoms with Crippen molar-refractivity contribution in [3.63, 3.8) is 0 Å². The van der Waals surface area contributed by atoms with Crippen molar-refractivity contribution in [3.05, 3.63) is 12.7 Å². The van der Waals surface area contributed by atoms with Crippen LogP contribution in [-0.4, -0.2) is 63.4 Å². The molecule has 1 fully saturated rings. The van der Waals surface area contributed by atoms with Gasteiger partial charge in [-0.1, -0.05) is 18.9 Å². The number of β-amino-alcohol motifs (C(OH)–C–C–N with tert-alkyl or cyclic N) is 1. The first-order valence-corrected chi connectivity index (χ1v) is 9.37. The van der Waals surface area contributed by atoms with Crippen molar-refractivity contribution in [1.82, 2.24) is 10.2 Å². The predicted octanol–water partition coefficient (Wildman–Crippen LogP) is 2.06. The van der Waals surface area contributed by atoms with Gasteiger partial charge in [0, 0.05) is 13.0 Å². The van der Waals surface area contributed by atoms with Gasteiger partial charge in [0.05, 0.1) is 6.10 Å². The summed E-state index contributed by atoms with van der Waals surface area (Å²) in [6.45, 7) is 8.76. The molecule has 0 aromatic carbocycles. The zero-order valence-corrected chi connectivity index (χ0v) is 16.4. The van der Waals surface area contributed by atoms with E-state index in [0.29, 0.717) is 12.8 Å². The van der Waals surface area contributed by atoms with Gasteiger partial charge in [-0.05, 0) is 40.0 Å². The number of aliphatic hydroxyl groups excluding tert-OH is 1. The number of carbonyl (C=O) groups excluding carboxylic acids is 2. The van der Waals surface area contributed by atoms with Crippen LogP contribution in [0.2, 0.25) is 0 Å². The Labute approximate surface area is 160 Å². The molecule has 27 heavy (non-hydrogen) atoms. The van der Waals surface area contributed by atoms with Crippen molar-refractivity contribution in [2.24, 2.45) is 0 Å². The summed E-state index contributed by atoms with van der Waals surface area (Å²) in [6, 6.07) is -1.98. The summed E-state index contributed by atoms with van der Waals surface area (Å²) in [5.74, 6) is -1.67. The van der Waals surface area contributed by atoms with Gasteiger partial charge in [0.25, 0.3) is 0 Å². The molecule has 8 nitrogen and oxygen atoms in total. The summed E-state index contributed by atoms with van der Waals surface area (Å²) in [6.07, 6.45) is 3.92. The van der Waals surface area contributed by atoms with Crippen molar-refractivity contribution in [2.45, 2.75) is 83.1 Å². The molecule has 3 atom stereocenters. The first-order valence-electron chi connectivity index (χ1n) is 9.37. The number of alkyl carbamates (subject to hydrolysis) is 1. The maximum absolute atomic E-state index is 12.9. The lowest BCUT2D eigenvalue weighted by Crippen LogP contribution is -2.52. The normalized spacial score (nSPS) is 20.8. The first-order chi connectivity index (χ1) is 12.5. The fourth-order valence-corrected chi connectivity index (χ4v) is 3.01. The third-order valence-electron chi connectivity index (χ3n) is 4.24. The summed E-state index contributed by atoms with van der Waals surface area (Å²) < 4.78 is 5.22. The predicted molar refractivity (Wildman–Crippen MR) is 100 cm³/mol. The number of aliphatic carboxylic acids is 1. The third kappa shape index (κ3) is 7.99. The Hall–Kier alpha value is -2.09. The Bertz CT molecular complexity index is 543. The molecule has 1 saturated heterocycles. The standard InChI is InChI=1S/C19H32N2O6/c1-5-6-7-8-9-10-14(20-18(26)27-19(2,3)4)16(23)21-12-13(22)11-15(21)17(24)25/h5,13-15,22H,1,6-12H2,2-4H3,(H,20,26)(H,24,25). The number of aliphatic hydroxyl groups is 1. The number of nitrogens with one attached hydrogen (secondary N) is 1. The minimum absolute atomic E-state index is 0.0143. The molecule has 154 valence electrons. The van der Waals surface area contributed by atoms with Crippen LogP contribution in [0.4, 0.5) is 4.79 Å². The second-order valence-corrected chi connectivity index (χ2v) is 7.86. The fraction of sp³-hybridized carbons (Fsp3) is 0.737. The van der Waals surface area contributed by atoms with Gasteiger partial charge in [-0.15, -0.1) is 6.58 Å². The molecular formula is C19H32N2O6. The summed E-state index contributed by atoms with van der Waals surface area (Å²) in [7, 11) is 0. The van der Waals surface area contributed by atoms with Gasteiger partial charge in [-0.3, -0.25) is 4.79 Å². The molecule has 0 bridgehead atoms. The van der Waals surface area contributed by atoms with Gasteiger partial charge < -0.3 is 25.2 Å². The molecule has 1 aliphatic rings. The average molecular weight is 384 g/mol. The molecule has 0 radical (unpaired) electrons. The number of amides is 2. The molecule has 0 spiro atoms. The lowest BCUT2D eigenvalue weighted by atomic mass is 10.1. The lowest BCUT2D eigenvalue weighted by Gasteiger charge is -2.28. The monoisotopic (exact) mass is 384 g/mol. The van der Waals surface area contributed by atoms with Gasteiger partial charge in [-0.2, -0.15) is 0 Å². The van der Waals surface area contributed by atoms with E-state index in [-0.39, 0.29) is 13.0 Å². The van der Waals surface area contributed by atoms with Crippen molar-refractivity contribution in [3.8, 4) is 0 Å². The van der Waals surface area contributed by atoms with Gasteiger partial charge in [-0.25, -0.2) is 9.59 Å². The van der Waals surface area contributed by atoms with E-state index < -0.39 is 41.8 Å². The van der Waals surface area contributed by atoms with Crippen LogP contribution < -0.4 is 5.32 Å². The molecule has 0 aromatic rings. The topological polar surface area (TPSA) is 116 Å². The lowest BCUT2D eigenvalue weighted by molar-refractivity contribution is -0.149. The van der Waals surface area contributed by atoms with Gasteiger partial charge in [0.2, 0.25) is 5.91 Å². The zero-order chi connectivity index (χ0) is 20.6. The van der Waals surface area contributed by atoms with Crippen LogP contribution in [0.1, 0.15) is 59.3 Å². The van der Waals surface area contributed by atoms with Crippen molar-refractivity contribution in [1.29, 1.82) is 0 Å². The maximum Gasteiger partial charge on any atom is 0.408 e. The van der Waals surface area contributed by atoms with Gasteiger partial charge in [0.15, 0.2) is 0 Å². The Morgan fingerprint density at radius 3 is 2.52 bits per heavy atom. The number of hydrogen-bond donors (Lipinski definition) is 3. The Kier molecular flexibility index (Phi) is 8.75. The molecule has 2 amide bonds. The molecular weight excluding hydrogens is 352 g/mol. The zero-order valence-electron chi connectivity index (χ0n) is 16.4. The second-order valence-electron chi connectivity index (χ2n) is 7.86. The number of likely N-dealkylation sites (tertiary alicyclic amines) is 1. The average Bonchev–Trinajstić information content (AvgIpc) is 2.93. The fourth-order valence-electron chi connectivity index (χ4n) is 3.01. The highest BCUT2D eigenvalue weighted by Crippen LogP contribution is 2.21. The van der Waals surface area contributed by atoms with Gasteiger partial charge in [0.1, 0.15) is 17.7 Å². The van der Waals surface area contributed by atoms with Crippen molar-refractivity contribution < 1.29 is 29.3 Å². The van der Waals surface area contributed by atoms with Crippen molar-refractivity contribution >= 4 is 18.0 Å². The molecule has 0 aliphatic carbocycles. The van der Waals surface area contributed by atoms with Crippen LogP contribution in [0, 0.1) is 0 Å². The Morgan fingerprint density at radius 2 is 1.96 bits per heavy atom. The number of carboxylic acids is 1. The highest BCUT2D eigenvalue weighted by Gasteiger charge is 2.41. The Balaban J connectivity index is 2.81. The van der Waals surface area contributed by atoms with Crippen LogP contribution >= 0.6 is 0 Å². The van der Waals surface area contributed by atoms with E-state index in [1.807, 2.05) is 6.08 Å². The van der Waals surface area contributed by atoms with E-state index in [4.69, 9.17) is 4.74 Å². The van der Waals surface area contributed by atoms with Crippen LogP contribution in [0.3, 0.4) is 0 Å². The van der Waals surface area contributed by atoms with E-state index >= 15 is 0 Å². The van der Waals surface area contributed by atoms with Gasteiger partial charge >= 0.3 is 12.1 Å². The van der Waals surface area contributed by atoms with E-state index in [1.54, 1.807) is 20.8 Å². The number of hydrogen-bond acceptors (Lipinski definition) is 5. The molecule has 1 heterocycles. The minimum Gasteiger partial charge on any atom is -0.480 e. The largest absolute Gasteiger partial charge is 0.480 e. The first kappa shape index (κ1) is 23.0. The molecule has 0 aromatic heterocycles. The van der Waals surface area contributed by atoms with Crippen LogP contribution in [0.25, 0.3) is 0 Å². The third-order valence-corrected chi connectivity index (χ3v) is 4.24. The van der Waals surface area contributed by atoms with Crippen LogP contribution in [0.5, 0.6) is 0 Å². The summed E-state index contributed by atoms with van der Waals surface area (Å²) in [5, 5.41) is 21.7. The number of unbranched alkanes of at least 4 members (excludes halogenated alkanes) is 3. The quantitative estimate of drug-likeness (QED) is 0.414. The van der Waals surface area contributed by atoms with Crippen molar-refractivity contribution in [2.75, 3.05) is 6.54 Å². The number of allylic oxidation sites excluding steroid dienone is 1. The second kappa shape index (κ2) is 10.3. The number of rotatable bonds is 9. The molecule has 8 heteroatoms. The number of carboxylic acid groups (broad SMARTS) is 1. The SMILES string of the molecule is C=CCCCCCC(NC(=O)OC(C)(C)C)C(=O)N1CC(O)CC1C(=O)O. The highest BCUT2D eigenvalue weighted by atomic mass is 16.6. The Morgan fingerprint density at radius 1 is 1.30 bits per heavy atom. The van der Waals surface area contributed by atoms with E-state index in [1.165, 1.54) is 0 Å². The molecule has 0 saturated carbocycles. The minimum atomic E-state index is -1.16. The number of ether oxygens (including phenoxy) is 1. The smallest absolute Gasteiger partial charge is 0.408 e. The molecule has 1 rings (SSSR count). The maximum atomic E-state index is 12.9. The molecule has 1 aliphatic heterocycles. The number of carbonyl (C=O) groups is 3. The highest BCUT2D eigenvalue weighted by molar-refractivity contribution is 5.89. The van der Waals surface area contributed by atoms with E-state index in [2.05, 4.69) is 11.9 Å². The van der Waals surface area contributed by atoms with Crippen LogP contribution in [-0.2, 0) is 14.3 Å².